The quantitative estimate of drug-likeness (QED) is 0.694. The zero-order chi connectivity index (χ0) is 14.4. The van der Waals surface area contributed by atoms with E-state index in [0.29, 0.717) is 28.8 Å². The average Bonchev–Trinajstić information content (AvgIpc) is 3.06. The van der Waals surface area contributed by atoms with Gasteiger partial charge >= 0.3 is 0 Å². The summed E-state index contributed by atoms with van der Waals surface area (Å²) in [6, 6.07) is 0. The minimum Gasteiger partial charge on any atom is -0.382 e. The minimum atomic E-state index is -0.243. The highest BCUT2D eigenvalue weighted by Crippen LogP contribution is 2.24. The van der Waals surface area contributed by atoms with Crippen LogP contribution in [0.2, 0.25) is 0 Å². The van der Waals surface area contributed by atoms with Gasteiger partial charge in [0.25, 0.3) is 5.91 Å². The molecule has 9 heteroatoms. The van der Waals surface area contributed by atoms with Crippen LogP contribution < -0.4 is 16.4 Å². The van der Waals surface area contributed by atoms with Gasteiger partial charge in [0, 0.05) is 19.5 Å². The molecule has 0 unspecified atom stereocenters. The number of nitrogens with zero attached hydrogens (tertiary/aromatic N) is 3. The number of rotatable bonds is 7. The van der Waals surface area contributed by atoms with Crippen LogP contribution in [0.15, 0.2) is 10.9 Å². The van der Waals surface area contributed by atoms with E-state index in [-0.39, 0.29) is 11.7 Å². The van der Waals surface area contributed by atoms with E-state index in [2.05, 4.69) is 37.2 Å². The van der Waals surface area contributed by atoms with Gasteiger partial charge in [0.1, 0.15) is 10.7 Å². The van der Waals surface area contributed by atoms with Crippen molar-refractivity contribution in [1.82, 2.24) is 20.4 Å². The summed E-state index contributed by atoms with van der Waals surface area (Å²) in [5.41, 5.74) is 5.74. The molecule has 1 amide bonds. The lowest BCUT2D eigenvalue weighted by molar-refractivity contribution is 0.0958. The van der Waals surface area contributed by atoms with Gasteiger partial charge in [-0.25, -0.2) is 4.98 Å². The molecule has 2 aromatic heterocycles. The summed E-state index contributed by atoms with van der Waals surface area (Å²) >= 11 is 1.25. The summed E-state index contributed by atoms with van der Waals surface area (Å²) in [6.45, 7) is 3.26. The Hall–Kier alpha value is -2.16. The molecule has 2 heterocycles. The Morgan fingerprint density at radius 1 is 1.50 bits per heavy atom. The summed E-state index contributed by atoms with van der Waals surface area (Å²) in [5.74, 6) is 0.548. The number of nitrogens with one attached hydrogen (secondary N) is 2. The summed E-state index contributed by atoms with van der Waals surface area (Å²) in [7, 11) is 0. The summed E-state index contributed by atoms with van der Waals surface area (Å²) in [6.07, 6.45) is 2.73. The van der Waals surface area contributed by atoms with Crippen molar-refractivity contribution in [2.75, 3.05) is 24.1 Å². The topological polar surface area (TPSA) is 119 Å². The largest absolute Gasteiger partial charge is 0.382 e. The summed E-state index contributed by atoms with van der Waals surface area (Å²) < 4.78 is 4.61. The maximum absolute atomic E-state index is 12.0. The molecule has 0 fully saturated rings. The number of nitrogens with two attached hydrogens (primary N) is 1. The monoisotopic (exact) mass is 296 g/mol. The van der Waals surface area contributed by atoms with Crippen molar-refractivity contribution in [1.29, 1.82) is 0 Å². The van der Waals surface area contributed by atoms with Gasteiger partial charge in [-0.1, -0.05) is 23.4 Å². The molecule has 0 aliphatic carbocycles. The van der Waals surface area contributed by atoms with Gasteiger partial charge < -0.3 is 20.9 Å². The number of amides is 1. The fourth-order valence-corrected chi connectivity index (χ4v) is 2.30. The van der Waals surface area contributed by atoms with Crippen LogP contribution in [0.5, 0.6) is 0 Å². The van der Waals surface area contributed by atoms with E-state index in [1.54, 1.807) is 0 Å². The number of hydrogen-bond acceptors (Lipinski definition) is 8. The van der Waals surface area contributed by atoms with Crippen LogP contribution in [0.3, 0.4) is 0 Å². The number of carbonyl (C=O) groups excluding carboxylic acids is 1. The normalized spacial score (nSPS) is 10.4. The lowest BCUT2D eigenvalue weighted by Crippen LogP contribution is -2.25. The molecule has 0 saturated heterocycles. The highest BCUT2D eigenvalue weighted by atomic mass is 32.1. The fourth-order valence-electron chi connectivity index (χ4n) is 1.47. The van der Waals surface area contributed by atoms with Gasteiger partial charge in [0.2, 0.25) is 6.39 Å². The number of carbonyl (C=O) groups is 1. The molecular weight excluding hydrogens is 280 g/mol. The number of aromatic nitrogens is 3. The lowest BCUT2D eigenvalue weighted by Gasteiger charge is -2.01. The molecule has 0 saturated carbocycles. The third kappa shape index (κ3) is 3.67. The van der Waals surface area contributed by atoms with Crippen molar-refractivity contribution >= 4 is 28.2 Å². The second-order valence-electron chi connectivity index (χ2n) is 4.01. The van der Waals surface area contributed by atoms with Gasteiger partial charge in [0.05, 0.1) is 0 Å². The number of thiazole rings is 1. The predicted octanol–water partition coefficient (Wildman–Crippen LogP) is 0.903. The number of hydrogen-bond donors (Lipinski definition) is 3. The molecule has 0 aromatic carbocycles. The van der Waals surface area contributed by atoms with Crippen LogP contribution in [0, 0.1) is 0 Å². The van der Waals surface area contributed by atoms with Crippen molar-refractivity contribution < 1.29 is 9.32 Å². The van der Waals surface area contributed by atoms with Gasteiger partial charge in [-0.3, -0.25) is 4.79 Å². The highest BCUT2D eigenvalue weighted by molar-refractivity contribution is 7.18. The van der Waals surface area contributed by atoms with E-state index in [1.165, 1.54) is 17.7 Å². The standard InChI is InChI=1S/C11H16N6O2S/c1-2-4-14-11-16-9(12)8(20-11)10(18)13-5-3-7-15-6-19-17-7/h6H,2-5,12H2,1H3,(H,13,18)(H,14,16). The van der Waals surface area contributed by atoms with Crippen molar-refractivity contribution in [3.63, 3.8) is 0 Å². The molecule has 8 nitrogen and oxygen atoms in total. The molecule has 0 bridgehead atoms. The van der Waals surface area contributed by atoms with E-state index >= 15 is 0 Å². The van der Waals surface area contributed by atoms with Gasteiger partial charge in [-0.05, 0) is 6.42 Å². The zero-order valence-corrected chi connectivity index (χ0v) is 11.9. The first-order chi connectivity index (χ1) is 9.70. The fraction of sp³-hybridized carbons (Fsp3) is 0.455. The molecule has 2 aromatic rings. The molecule has 0 radical (unpaired) electrons. The van der Waals surface area contributed by atoms with Gasteiger partial charge in [-0.2, -0.15) is 4.98 Å². The maximum atomic E-state index is 12.0. The lowest BCUT2D eigenvalue weighted by atomic mass is 10.4. The first-order valence-electron chi connectivity index (χ1n) is 6.24. The smallest absolute Gasteiger partial charge is 0.265 e. The second kappa shape index (κ2) is 6.85. The van der Waals surface area contributed by atoms with Crippen molar-refractivity contribution in [3.8, 4) is 0 Å². The third-order valence-electron chi connectivity index (χ3n) is 2.43. The Kier molecular flexibility index (Phi) is 4.88. The highest BCUT2D eigenvalue weighted by Gasteiger charge is 2.15. The third-order valence-corrected chi connectivity index (χ3v) is 3.45. The molecule has 2 rings (SSSR count). The summed E-state index contributed by atoms with van der Waals surface area (Å²) in [4.78, 5) is 20.4. The molecule has 0 atom stereocenters. The second-order valence-corrected chi connectivity index (χ2v) is 5.01. The Bertz CT molecular complexity index is 553. The van der Waals surface area contributed by atoms with Crippen LogP contribution >= 0.6 is 11.3 Å². The molecule has 108 valence electrons. The number of nitrogen functional groups attached to an aromatic ring is 1. The Labute approximate surface area is 119 Å². The van der Waals surface area contributed by atoms with Crippen LogP contribution in [-0.4, -0.2) is 34.1 Å². The van der Waals surface area contributed by atoms with Crippen LogP contribution in [0.1, 0.15) is 28.8 Å². The van der Waals surface area contributed by atoms with Crippen molar-refractivity contribution in [2.24, 2.45) is 0 Å². The molecule has 20 heavy (non-hydrogen) atoms. The zero-order valence-electron chi connectivity index (χ0n) is 11.0. The molecular formula is C11H16N6O2S. The maximum Gasteiger partial charge on any atom is 0.265 e. The molecule has 0 spiro atoms. The minimum absolute atomic E-state index is 0.241. The van der Waals surface area contributed by atoms with E-state index in [4.69, 9.17) is 5.73 Å². The Morgan fingerprint density at radius 3 is 3.05 bits per heavy atom. The van der Waals surface area contributed by atoms with E-state index in [1.807, 2.05) is 0 Å². The Morgan fingerprint density at radius 2 is 2.35 bits per heavy atom. The van der Waals surface area contributed by atoms with E-state index in [9.17, 15) is 4.79 Å². The van der Waals surface area contributed by atoms with Crippen LogP contribution in [-0.2, 0) is 6.42 Å². The molecule has 0 aliphatic rings. The van der Waals surface area contributed by atoms with Gasteiger partial charge in [-0.15, -0.1) is 0 Å². The SMILES string of the molecule is CCCNc1nc(N)c(C(=O)NCCc2ncon2)s1. The summed E-state index contributed by atoms with van der Waals surface area (Å²) in [5, 5.41) is 10.2. The van der Waals surface area contributed by atoms with Crippen molar-refractivity contribution in [2.45, 2.75) is 19.8 Å². The molecule has 4 N–H and O–H groups in total. The van der Waals surface area contributed by atoms with Crippen LogP contribution in [0.25, 0.3) is 0 Å². The van der Waals surface area contributed by atoms with Crippen LogP contribution in [0.4, 0.5) is 10.9 Å². The number of anilines is 2. The Balaban J connectivity index is 1.86. The van der Waals surface area contributed by atoms with Crippen molar-refractivity contribution in [3.05, 3.63) is 17.1 Å². The molecule has 0 aliphatic heterocycles. The van der Waals surface area contributed by atoms with E-state index < -0.39 is 0 Å². The first kappa shape index (κ1) is 14.3. The average molecular weight is 296 g/mol. The predicted molar refractivity (Wildman–Crippen MR) is 75.6 cm³/mol. The first-order valence-corrected chi connectivity index (χ1v) is 7.06. The van der Waals surface area contributed by atoms with E-state index in [0.717, 1.165) is 13.0 Å². The van der Waals surface area contributed by atoms with Gasteiger partial charge in [0.15, 0.2) is 11.0 Å².